The van der Waals surface area contributed by atoms with Gasteiger partial charge < -0.3 is 9.84 Å². The van der Waals surface area contributed by atoms with Gasteiger partial charge in [-0.2, -0.15) is 0 Å². The van der Waals surface area contributed by atoms with E-state index in [4.69, 9.17) is 4.52 Å². The molecule has 0 aliphatic heterocycles. The normalized spacial score (nSPS) is 10.7. The van der Waals surface area contributed by atoms with Gasteiger partial charge in [0.2, 0.25) is 5.91 Å². The number of nitrogens with one attached hydrogen (secondary N) is 1. The fourth-order valence-corrected chi connectivity index (χ4v) is 1.51. The average Bonchev–Trinajstić information content (AvgIpc) is 2.82. The molecule has 0 fully saturated rings. The number of nitro benzene ring substituents is 1. The van der Waals surface area contributed by atoms with E-state index in [1.807, 2.05) is 0 Å². The Bertz CT molecular complexity index is 676. The number of benzene rings is 1. The van der Waals surface area contributed by atoms with E-state index in [0.29, 0.717) is 17.1 Å². The first-order valence-electron chi connectivity index (χ1n) is 5.71. The van der Waals surface area contributed by atoms with Crippen molar-refractivity contribution in [3.8, 4) is 0 Å². The van der Waals surface area contributed by atoms with Crippen molar-refractivity contribution in [3.63, 3.8) is 0 Å². The number of nitrogens with zero attached hydrogens (tertiary/aromatic N) is 2. The van der Waals surface area contributed by atoms with E-state index in [0.717, 1.165) is 0 Å². The lowest BCUT2D eigenvalue weighted by Crippen LogP contribution is -2.07. The Hall–Kier alpha value is -2.96. The van der Waals surface area contributed by atoms with Gasteiger partial charge in [0, 0.05) is 24.3 Å². The highest BCUT2D eigenvalue weighted by Gasteiger charge is 2.05. The fraction of sp³-hybridized carbons (Fsp3) is 0.0769. The van der Waals surface area contributed by atoms with Crippen molar-refractivity contribution >= 4 is 23.5 Å². The molecule has 7 heteroatoms. The minimum Gasteiger partial charge on any atom is -0.360 e. The molecule has 1 amide bonds. The summed E-state index contributed by atoms with van der Waals surface area (Å²) in [6, 6.07) is 7.56. The number of non-ortho nitro benzene ring substituents is 1. The van der Waals surface area contributed by atoms with Crippen LogP contribution in [0.3, 0.4) is 0 Å². The molecule has 20 heavy (non-hydrogen) atoms. The second-order valence-corrected chi connectivity index (χ2v) is 4.00. The van der Waals surface area contributed by atoms with Crippen molar-refractivity contribution in [2.24, 2.45) is 0 Å². The molecule has 0 saturated carbocycles. The number of carbonyl (C=O) groups is 1. The van der Waals surface area contributed by atoms with Gasteiger partial charge in [0.25, 0.3) is 5.69 Å². The number of hydrogen-bond acceptors (Lipinski definition) is 5. The van der Waals surface area contributed by atoms with Crippen LogP contribution in [0.4, 0.5) is 11.5 Å². The summed E-state index contributed by atoms with van der Waals surface area (Å²) < 4.78 is 4.81. The summed E-state index contributed by atoms with van der Waals surface area (Å²) in [5.41, 5.74) is 0.533. The van der Waals surface area contributed by atoms with E-state index in [-0.39, 0.29) is 5.69 Å². The molecule has 2 rings (SSSR count). The third-order valence-corrected chi connectivity index (χ3v) is 2.39. The van der Waals surface area contributed by atoms with Gasteiger partial charge in [-0.15, -0.1) is 0 Å². The van der Waals surface area contributed by atoms with Gasteiger partial charge in [-0.25, -0.2) is 0 Å². The van der Waals surface area contributed by atoms with Gasteiger partial charge in [0.05, 0.1) is 4.92 Å². The Balaban J connectivity index is 2.03. The molecule has 1 heterocycles. The van der Waals surface area contributed by atoms with Gasteiger partial charge in [-0.05, 0) is 18.6 Å². The van der Waals surface area contributed by atoms with Gasteiger partial charge in [-0.3, -0.25) is 14.9 Å². The molecule has 1 N–H and O–H groups in total. The highest BCUT2D eigenvalue weighted by molar-refractivity contribution is 6.01. The van der Waals surface area contributed by atoms with Gasteiger partial charge in [0.1, 0.15) is 5.76 Å². The van der Waals surface area contributed by atoms with Crippen molar-refractivity contribution in [2.75, 3.05) is 5.32 Å². The van der Waals surface area contributed by atoms with E-state index < -0.39 is 10.8 Å². The third-order valence-electron chi connectivity index (χ3n) is 2.39. The van der Waals surface area contributed by atoms with Gasteiger partial charge >= 0.3 is 0 Å². The maximum absolute atomic E-state index is 11.6. The minimum atomic E-state index is -0.490. The molecule has 7 nitrogen and oxygen atoms in total. The third kappa shape index (κ3) is 3.52. The number of rotatable bonds is 4. The van der Waals surface area contributed by atoms with Crippen LogP contribution in [-0.2, 0) is 4.79 Å². The summed E-state index contributed by atoms with van der Waals surface area (Å²) in [7, 11) is 0. The number of hydrogen-bond donors (Lipinski definition) is 1. The molecule has 0 bridgehead atoms. The fourth-order valence-electron chi connectivity index (χ4n) is 1.51. The van der Waals surface area contributed by atoms with Crippen LogP contribution in [0.25, 0.3) is 6.08 Å². The Kier molecular flexibility index (Phi) is 3.90. The zero-order chi connectivity index (χ0) is 14.5. The number of aromatic nitrogens is 1. The zero-order valence-corrected chi connectivity index (χ0v) is 10.6. The lowest BCUT2D eigenvalue weighted by molar-refractivity contribution is -0.384. The van der Waals surface area contributed by atoms with Crippen molar-refractivity contribution < 1.29 is 14.2 Å². The van der Waals surface area contributed by atoms with Crippen LogP contribution in [0.2, 0.25) is 0 Å². The zero-order valence-electron chi connectivity index (χ0n) is 10.6. The molecule has 0 aliphatic rings. The van der Waals surface area contributed by atoms with E-state index in [1.165, 1.54) is 24.3 Å². The van der Waals surface area contributed by atoms with E-state index in [2.05, 4.69) is 10.5 Å². The standard InChI is InChI=1S/C13H11N3O4/c1-9-7-12(15-20-9)14-13(17)6-5-10-3-2-4-11(8-10)16(18)19/h2-8H,1H3,(H,14,15,17)/b6-5+. The van der Waals surface area contributed by atoms with E-state index in [9.17, 15) is 14.9 Å². The average molecular weight is 273 g/mol. The quantitative estimate of drug-likeness (QED) is 0.524. The lowest BCUT2D eigenvalue weighted by atomic mass is 10.2. The molecule has 0 atom stereocenters. The second kappa shape index (κ2) is 5.79. The van der Waals surface area contributed by atoms with Crippen LogP contribution >= 0.6 is 0 Å². The Labute approximate surface area is 114 Å². The maximum atomic E-state index is 11.6. The number of amides is 1. The number of carbonyl (C=O) groups excluding carboxylic acids is 1. The minimum absolute atomic E-state index is 0.0281. The van der Waals surface area contributed by atoms with Crippen LogP contribution in [0, 0.1) is 17.0 Å². The van der Waals surface area contributed by atoms with Gasteiger partial charge in [0.15, 0.2) is 5.82 Å². The van der Waals surface area contributed by atoms with Crippen LogP contribution in [0.15, 0.2) is 40.9 Å². The lowest BCUT2D eigenvalue weighted by Gasteiger charge is -1.96. The first kappa shape index (κ1) is 13.5. The monoisotopic (exact) mass is 273 g/mol. The summed E-state index contributed by atoms with van der Waals surface area (Å²) in [5.74, 6) is 0.504. The smallest absolute Gasteiger partial charge is 0.270 e. The van der Waals surface area contributed by atoms with Crippen LogP contribution in [0.1, 0.15) is 11.3 Å². The van der Waals surface area contributed by atoms with Crippen molar-refractivity contribution in [1.82, 2.24) is 5.16 Å². The molecule has 0 saturated heterocycles. The van der Waals surface area contributed by atoms with Crippen molar-refractivity contribution in [2.45, 2.75) is 6.92 Å². The summed E-state index contributed by atoms with van der Waals surface area (Å²) in [6.45, 7) is 1.71. The predicted molar refractivity (Wildman–Crippen MR) is 72.0 cm³/mol. The SMILES string of the molecule is Cc1cc(NC(=O)/C=C/c2cccc([N+](=O)[O-])c2)no1. The molecular formula is C13H11N3O4. The molecular weight excluding hydrogens is 262 g/mol. The van der Waals surface area contributed by atoms with Crippen molar-refractivity contribution in [1.29, 1.82) is 0 Å². The van der Waals surface area contributed by atoms with E-state index >= 15 is 0 Å². The van der Waals surface area contributed by atoms with E-state index in [1.54, 1.807) is 25.1 Å². The molecule has 0 radical (unpaired) electrons. The molecule has 2 aromatic rings. The molecule has 102 valence electrons. The van der Waals surface area contributed by atoms with Crippen molar-refractivity contribution in [3.05, 3.63) is 57.8 Å². The van der Waals surface area contributed by atoms with Gasteiger partial charge in [-0.1, -0.05) is 17.3 Å². The summed E-state index contributed by atoms with van der Waals surface area (Å²) >= 11 is 0. The Morgan fingerprint density at radius 1 is 1.45 bits per heavy atom. The van der Waals surface area contributed by atoms with Crippen LogP contribution in [0.5, 0.6) is 0 Å². The van der Waals surface area contributed by atoms with Crippen LogP contribution < -0.4 is 5.32 Å². The Morgan fingerprint density at radius 2 is 2.25 bits per heavy atom. The van der Waals surface area contributed by atoms with Crippen LogP contribution in [-0.4, -0.2) is 16.0 Å². The largest absolute Gasteiger partial charge is 0.360 e. The molecule has 1 aromatic carbocycles. The summed E-state index contributed by atoms with van der Waals surface area (Å²) in [4.78, 5) is 21.7. The molecule has 0 unspecified atom stereocenters. The maximum Gasteiger partial charge on any atom is 0.270 e. The molecule has 1 aromatic heterocycles. The number of anilines is 1. The summed E-state index contributed by atoms with van der Waals surface area (Å²) in [5, 5.41) is 16.7. The predicted octanol–water partition coefficient (Wildman–Crippen LogP) is 2.54. The number of nitro groups is 1. The molecule has 0 aliphatic carbocycles. The highest BCUT2D eigenvalue weighted by atomic mass is 16.6. The summed E-state index contributed by atoms with van der Waals surface area (Å²) in [6.07, 6.45) is 2.75. The Morgan fingerprint density at radius 3 is 2.90 bits per heavy atom. The first-order chi connectivity index (χ1) is 9.54. The highest BCUT2D eigenvalue weighted by Crippen LogP contribution is 2.14. The topological polar surface area (TPSA) is 98.3 Å². The number of aryl methyl sites for hydroxylation is 1. The second-order valence-electron chi connectivity index (χ2n) is 4.00. The first-order valence-corrected chi connectivity index (χ1v) is 5.71. The molecule has 0 spiro atoms.